The van der Waals surface area contributed by atoms with Crippen LogP contribution in [0.1, 0.15) is 31.4 Å². The number of aryl methyl sites for hydroxylation is 2. The minimum Gasteiger partial charge on any atom is -0.485 e. The quantitative estimate of drug-likeness (QED) is 0.816. The van der Waals surface area contributed by atoms with Crippen molar-refractivity contribution in [3.8, 4) is 5.75 Å². The van der Waals surface area contributed by atoms with Gasteiger partial charge in [-0.3, -0.25) is 4.79 Å². The molecule has 5 nitrogen and oxygen atoms in total. The largest absolute Gasteiger partial charge is 0.485 e. The predicted octanol–water partition coefficient (Wildman–Crippen LogP) is 3.48. The highest BCUT2D eigenvalue weighted by atomic mass is 79.9. The number of hydrogen-bond donors (Lipinski definition) is 1. The second-order valence-corrected chi connectivity index (χ2v) is 6.20. The van der Waals surface area contributed by atoms with Gasteiger partial charge in [0, 0.05) is 9.85 Å². The molecule has 0 saturated heterocycles. The third-order valence-corrected chi connectivity index (χ3v) is 4.08. The maximum atomic E-state index is 12.0. The average molecular weight is 370 g/mol. The number of Topliss-reactive ketones (excluding diaryl/α,β-unsaturated/α-hetero) is 1. The second kappa shape index (κ2) is 6.36. The zero-order chi connectivity index (χ0) is 15.6. The van der Waals surface area contributed by atoms with E-state index in [2.05, 4.69) is 20.9 Å². The van der Waals surface area contributed by atoms with Crippen LogP contribution < -0.4 is 4.74 Å². The van der Waals surface area contributed by atoms with E-state index in [1.165, 1.54) is 5.38 Å². The summed E-state index contributed by atoms with van der Waals surface area (Å²) in [7, 11) is 0. The first-order chi connectivity index (χ1) is 9.88. The fourth-order valence-electron chi connectivity index (χ4n) is 1.82. The topological polar surface area (TPSA) is 76.5 Å². The Bertz CT molecular complexity index is 688. The molecule has 21 heavy (non-hydrogen) atoms. The molecule has 1 aromatic heterocycles. The Morgan fingerprint density at radius 1 is 1.33 bits per heavy atom. The van der Waals surface area contributed by atoms with Gasteiger partial charge in [-0.05, 0) is 37.1 Å². The molecule has 0 atom stereocenters. The van der Waals surface area contributed by atoms with Crippen LogP contribution in [-0.4, -0.2) is 28.4 Å². The Labute approximate surface area is 133 Å². The number of ketones is 1. The fraction of sp³-hybridized carbons (Fsp3) is 0.214. The van der Waals surface area contributed by atoms with E-state index in [0.717, 1.165) is 26.9 Å². The van der Waals surface area contributed by atoms with Gasteiger partial charge in [0.2, 0.25) is 5.78 Å². The number of carbonyl (C=O) groups excluding carboxylic acids is 1. The highest BCUT2D eigenvalue weighted by Crippen LogP contribution is 2.27. The van der Waals surface area contributed by atoms with Crippen molar-refractivity contribution in [2.75, 3.05) is 6.61 Å². The van der Waals surface area contributed by atoms with Crippen molar-refractivity contribution >= 4 is 39.0 Å². The van der Waals surface area contributed by atoms with Gasteiger partial charge in [0.05, 0.1) is 0 Å². The summed E-state index contributed by atoms with van der Waals surface area (Å²) in [6, 6.07) is 3.80. The Morgan fingerprint density at radius 3 is 2.48 bits per heavy atom. The van der Waals surface area contributed by atoms with E-state index in [0.29, 0.717) is 5.75 Å². The van der Waals surface area contributed by atoms with E-state index in [1.54, 1.807) is 0 Å². The molecule has 110 valence electrons. The van der Waals surface area contributed by atoms with Crippen LogP contribution in [0.4, 0.5) is 0 Å². The predicted molar refractivity (Wildman–Crippen MR) is 82.5 cm³/mol. The summed E-state index contributed by atoms with van der Waals surface area (Å²) < 4.78 is 6.50. The Hall–Kier alpha value is -1.73. The number of benzene rings is 1. The number of aromatic nitrogens is 1. The van der Waals surface area contributed by atoms with Gasteiger partial charge in [-0.1, -0.05) is 15.9 Å². The summed E-state index contributed by atoms with van der Waals surface area (Å²) in [4.78, 5) is 26.5. The number of hydrogen-bond acceptors (Lipinski definition) is 5. The number of carboxylic acid groups (broad SMARTS) is 1. The molecular weight excluding hydrogens is 358 g/mol. The van der Waals surface area contributed by atoms with Crippen molar-refractivity contribution in [2.45, 2.75) is 13.8 Å². The van der Waals surface area contributed by atoms with E-state index in [9.17, 15) is 9.59 Å². The third-order valence-electron chi connectivity index (χ3n) is 2.73. The number of nitrogens with zero attached hydrogens (tertiary/aromatic N) is 1. The molecule has 1 aromatic carbocycles. The van der Waals surface area contributed by atoms with Gasteiger partial charge in [-0.25, -0.2) is 9.78 Å². The molecule has 0 aliphatic carbocycles. The van der Waals surface area contributed by atoms with E-state index in [4.69, 9.17) is 9.84 Å². The summed E-state index contributed by atoms with van der Waals surface area (Å²) in [5.74, 6) is -0.832. The molecule has 2 rings (SSSR count). The van der Waals surface area contributed by atoms with Crippen molar-refractivity contribution < 1.29 is 19.4 Å². The van der Waals surface area contributed by atoms with E-state index in [-0.39, 0.29) is 23.1 Å². The number of halogens is 1. The highest BCUT2D eigenvalue weighted by molar-refractivity contribution is 9.10. The first kappa shape index (κ1) is 15.7. The molecular formula is C14H12BrNO4S. The maximum absolute atomic E-state index is 12.0. The van der Waals surface area contributed by atoms with Crippen LogP contribution in [0.15, 0.2) is 22.0 Å². The van der Waals surface area contributed by atoms with E-state index in [1.807, 2.05) is 26.0 Å². The van der Waals surface area contributed by atoms with Gasteiger partial charge in [-0.15, -0.1) is 11.3 Å². The van der Waals surface area contributed by atoms with E-state index >= 15 is 0 Å². The number of carboxylic acids is 1. The standard InChI is InChI=1S/C14H12BrNO4S/c1-7-3-9(15)4-8(2)12(7)20-5-11(17)13-16-10(6-21-13)14(18)19/h3-4,6H,5H2,1-2H3,(H,18,19). The van der Waals surface area contributed by atoms with Gasteiger partial charge in [-0.2, -0.15) is 0 Å². The van der Waals surface area contributed by atoms with Gasteiger partial charge >= 0.3 is 5.97 Å². The van der Waals surface area contributed by atoms with Crippen LogP contribution in [-0.2, 0) is 0 Å². The molecule has 0 spiro atoms. The lowest BCUT2D eigenvalue weighted by atomic mass is 10.1. The van der Waals surface area contributed by atoms with Crippen LogP contribution in [0.2, 0.25) is 0 Å². The molecule has 1 heterocycles. The summed E-state index contributed by atoms with van der Waals surface area (Å²) in [5.41, 5.74) is 1.71. The maximum Gasteiger partial charge on any atom is 0.355 e. The highest BCUT2D eigenvalue weighted by Gasteiger charge is 2.16. The smallest absolute Gasteiger partial charge is 0.355 e. The first-order valence-corrected chi connectivity index (χ1v) is 7.67. The molecule has 1 N–H and O–H groups in total. The van der Waals surface area contributed by atoms with Crippen molar-refractivity contribution in [2.24, 2.45) is 0 Å². The lowest BCUT2D eigenvalue weighted by Crippen LogP contribution is -2.13. The number of aromatic carboxylic acids is 1. The summed E-state index contributed by atoms with van der Waals surface area (Å²) in [6.07, 6.45) is 0. The summed E-state index contributed by atoms with van der Waals surface area (Å²) in [5, 5.41) is 10.3. The molecule has 0 radical (unpaired) electrons. The van der Waals surface area contributed by atoms with Crippen molar-refractivity contribution in [1.29, 1.82) is 0 Å². The van der Waals surface area contributed by atoms with Crippen LogP contribution in [0, 0.1) is 13.8 Å². The van der Waals surface area contributed by atoms with E-state index < -0.39 is 5.97 Å². The third kappa shape index (κ3) is 3.68. The number of ether oxygens (including phenoxy) is 1. The second-order valence-electron chi connectivity index (χ2n) is 4.42. The van der Waals surface area contributed by atoms with Crippen LogP contribution in [0.3, 0.4) is 0 Å². The molecule has 0 aliphatic heterocycles. The summed E-state index contributed by atoms with van der Waals surface area (Å²) in [6.45, 7) is 3.61. The van der Waals surface area contributed by atoms with Crippen LogP contribution in [0.25, 0.3) is 0 Å². The van der Waals surface area contributed by atoms with Crippen molar-refractivity contribution in [1.82, 2.24) is 4.98 Å². The lowest BCUT2D eigenvalue weighted by Gasteiger charge is -2.11. The average Bonchev–Trinajstić information content (AvgIpc) is 2.86. The molecule has 0 fully saturated rings. The number of rotatable bonds is 5. The molecule has 0 aliphatic rings. The number of thiazole rings is 1. The van der Waals surface area contributed by atoms with Gasteiger partial charge in [0.1, 0.15) is 5.75 Å². The Kier molecular flexibility index (Phi) is 4.74. The molecule has 0 bridgehead atoms. The molecule has 0 saturated carbocycles. The normalized spacial score (nSPS) is 10.4. The molecule has 2 aromatic rings. The zero-order valence-electron chi connectivity index (χ0n) is 11.3. The first-order valence-electron chi connectivity index (χ1n) is 6.00. The number of carbonyl (C=O) groups is 2. The van der Waals surface area contributed by atoms with Gasteiger partial charge in [0.25, 0.3) is 0 Å². The van der Waals surface area contributed by atoms with Gasteiger partial charge < -0.3 is 9.84 Å². The lowest BCUT2D eigenvalue weighted by molar-refractivity contribution is 0.0691. The SMILES string of the molecule is Cc1cc(Br)cc(C)c1OCC(=O)c1nc(C(=O)O)cs1. The van der Waals surface area contributed by atoms with Crippen molar-refractivity contribution in [3.05, 3.63) is 43.8 Å². The van der Waals surface area contributed by atoms with Crippen molar-refractivity contribution in [3.63, 3.8) is 0 Å². The molecule has 0 unspecified atom stereocenters. The minimum absolute atomic E-state index is 0.126. The van der Waals surface area contributed by atoms with Crippen LogP contribution in [0.5, 0.6) is 5.75 Å². The fourth-order valence-corrected chi connectivity index (χ4v) is 3.23. The minimum atomic E-state index is -1.15. The zero-order valence-corrected chi connectivity index (χ0v) is 13.7. The molecule has 0 amide bonds. The monoisotopic (exact) mass is 369 g/mol. The Balaban J connectivity index is 2.09. The Morgan fingerprint density at radius 2 is 1.95 bits per heavy atom. The van der Waals surface area contributed by atoms with Gasteiger partial charge in [0.15, 0.2) is 17.3 Å². The molecule has 7 heteroatoms. The van der Waals surface area contributed by atoms with Crippen LogP contribution >= 0.6 is 27.3 Å². The summed E-state index contributed by atoms with van der Waals surface area (Å²) >= 11 is 4.40.